The first-order valence-corrected chi connectivity index (χ1v) is 7.27. The highest BCUT2D eigenvalue weighted by Crippen LogP contribution is 2.24. The van der Waals surface area contributed by atoms with E-state index in [1.165, 1.54) is 0 Å². The molecule has 0 aromatic carbocycles. The Morgan fingerprint density at radius 1 is 1.40 bits per heavy atom. The minimum absolute atomic E-state index is 0.183. The maximum atomic E-state index is 12.0. The molecule has 0 aliphatic heterocycles. The van der Waals surface area contributed by atoms with Gasteiger partial charge in [-0.1, -0.05) is 12.1 Å². The minimum Gasteiger partial charge on any atom is -0.396 e. The average Bonchev–Trinajstić information content (AvgIpc) is 2.80. The summed E-state index contributed by atoms with van der Waals surface area (Å²) in [5, 5.41) is 18.8. The van der Waals surface area contributed by atoms with Crippen molar-refractivity contribution in [1.82, 2.24) is 10.5 Å². The minimum atomic E-state index is -0.210. The van der Waals surface area contributed by atoms with Crippen molar-refractivity contribution in [3.63, 3.8) is 0 Å². The van der Waals surface area contributed by atoms with Crippen LogP contribution in [-0.4, -0.2) is 28.9 Å². The lowest BCUT2D eigenvalue weighted by molar-refractivity contribution is 0.176. The van der Waals surface area contributed by atoms with Crippen LogP contribution in [0.25, 0.3) is 0 Å². The van der Waals surface area contributed by atoms with Crippen LogP contribution in [0.4, 0.5) is 10.5 Å². The first kappa shape index (κ1) is 14.8. The number of amides is 2. The van der Waals surface area contributed by atoms with Gasteiger partial charge in [0.15, 0.2) is 5.76 Å². The molecule has 6 nitrogen and oxygen atoms in total. The largest absolute Gasteiger partial charge is 0.396 e. The van der Waals surface area contributed by atoms with Gasteiger partial charge < -0.3 is 20.3 Å². The van der Waals surface area contributed by atoms with Gasteiger partial charge in [-0.2, -0.15) is 0 Å². The van der Waals surface area contributed by atoms with E-state index in [1.54, 1.807) is 0 Å². The van der Waals surface area contributed by atoms with E-state index in [1.807, 2.05) is 13.8 Å². The molecule has 0 saturated heterocycles. The van der Waals surface area contributed by atoms with Crippen LogP contribution >= 0.6 is 0 Å². The van der Waals surface area contributed by atoms with Crippen LogP contribution in [0, 0.1) is 12.8 Å². The van der Waals surface area contributed by atoms with E-state index in [9.17, 15) is 4.79 Å². The van der Waals surface area contributed by atoms with Gasteiger partial charge in [-0.25, -0.2) is 4.79 Å². The highest BCUT2D eigenvalue weighted by atomic mass is 16.5. The van der Waals surface area contributed by atoms with Crippen molar-refractivity contribution in [3.8, 4) is 0 Å². The molecule has 0 bridgehead atoms. The molecule has 1 aliphatic rings. The van der Waals surface area contributed by atoms with E-state index in [4.69, 9.17) is 9.63 Å². The Bertz CT molecular complexity index is 451. The molecule has 1 aliphatic carbocycles. The Morgan fingerprint density at radius 3 is 2.70 bits per heavy atom. The standard InChI is InChI=1S/C14H23N3O3/c1-3-12-13(9(2)17-20-12)16-14(19)15-11-6-4-10(8-18)5-7-11/h10-11,18H,3-8H2,1-2H3,(H2,15,16,19). The number of urea groups is 1. The molecular formula is C14H23N3O3. The number of rotatable bonds is 4. The van der Waals surface area contributed by atoms with Crippen LogP contribution in [0.15, 0.2) is 4.52 Å². The summed E-state index contributed by atoms with van der Waals surface area (Å²) in [4.78, 5) is 12.0. The normalized spacial score (nSPS) is 22.6. The van der Waals surface area contributed by atoms with Crippen molar-refractivity contribution in [1.29, 1.82) is 0 Å². The van der Waals surface area contributed by atoms with Gasteiger partial charge in [-0.05, 0) is 38.5 Å². The molecule has 112 valence electrons. The zero-order chi connectivity index (χ0) is 14.5. The number of nitrogens with zero attached hydrogens (tertiary/aromatic N) is 1. The van der Waals surface area contributed by atoms with Gasteiger partial charge in [-0.3, -0.25) is 0 Å². The highest BCUT2D eigenvalue weighted by molar-refractivity contribution is 5.90. The number of carbonyl (C=O) groups excluding carboxylic acids is 1. The van der Waals surface area contributed by atoms with Gasteiger partial charge in [0.25, 0.3) is 0 Å². The topological polar surface area (TPSA) is 87.4 Å². The summed E-state index contributed by atoms with van der Waals surface area (Å²) in [6.07, 6.45) is 4.46. The van der Waals surface area contributed by atoms with Crippen LogP contribution < -0.4 is 10.6 Å². The third-order valence-electron chi connectivity index (χ3n) is 3.93. The average molecular weight is 281 g/mol. The van der Waals surface area contributed by atoms with Crippen LogP contribution in [-0.2, 0) is 6.42 Å². The summed E-state index contributed by atoms with van der Waals surface area (Å²) < 4.78 is 5.14. The van der Waals surface area contributed by atoms with Gasteiger partial charge in [0.1, 0.15) is 11.4 Å². The fourth-order valence-electron chi connectivity index (χ4n) is 2.64. The number of anilines is 1. The molecular weight excluding hydrogens is 258 g/mol. The number of nitrogens with one attached hydrogen (secondary N) is 2. The first-order valence-electron chi connectivity index (χ1n) is 7.27. The Morgan fingerprint density at radius 2 is 2.10 bits per heavy atom. The first-order chi connectivity index (χ1) is 9.63. The SMILES string of the molecule is CCc1onc(C)c1NC(=O)NC1CCC(CO)CC1. The smallest absolute Gasteiger partial charge is 0.319 e. The molecule has 2 rings (SSSR count). The molecule has 20 heavy (non-hydrogen) atoms. The number of carbonyl (C=O) groups is 1. The lowest BCUT2D eigenvalue weighted by Gasteiger charge is -2.27. The molecule has 1 aromatic rings. The van der Waals surface area contributed by atoms with Crippen molar-refractivity contribution in [3.05, 3.63) is 11.5 Å². The molecule has 0 atom stereocenters. The van der Waals surface area contributed by atoms with Gasteiger partial charge in [0.05, 0.1) is 0 Å². The molecule has 6 heteroatoms. The van der Waals surface area contributed by atoms with Crippen molar-refractivity contribution >= 4 is 11.7 Å². The molecule has 3 N–H and O–H groups in total. The predicted octanol–water partition coefficient (Wildman–Crippen LogP) is 2.22. The number of hydrogen-bond donors (Lipinski definition) is 3. The number of aryl methyl sites for hydroxylation is 2. The molecule has 1 saturated carbocycles. The van der Waals surface area contributed by atoms with Crippen LogP contribution in [0.2, 0.25) is 0 Å². The van der Waals surface area contributed by atoms with Crippen LogP contribution in [0.5, 0.6) is 0 Å². The quantitative estimate of drug-likeness (QED) is 0.789. The molecule has 0 unspecified atom stereocenters. The van der Waals surface area contributed by atoms with Crippen LogP contribution in [0.1, 0.15) is 44.1 Å². The number of hydrogen-bond acceptors (Lipinski definition) is 4. The summed E-state index contributed by atoms with van der Waals surface area (Å²) >= 11 is 0. The van der Waals surface area contributed by atoms with E-state index >= 15 is 0 Å². The lowest BCUT2D eigenvalue weighted by Crippen LogP contribution is -2.40. The summed E-state index contributed by atoms with van der Waals surface area (Å²) in [5.41, 5.74) is 1.37. The van der Waals surface area contributed by atoms with E-state index < -0.39 is 0 Å². The maximum Gasteiger partial charge on any atom is 0.319 e. The van der Waals surface area contributed by atoms with Crippen molar-refractivity contribution in [2.45, 2.75) is 52.0 Å². The Hall–Kier alpha value is -1.56. The van der Waals surface area contributed by atoms with Gasteiger partial charge in [0, 0.05) is 19.1 Å². The summed E-state index contributed by atoms with van der Waals surface area (Å²) in [6.45, 7) is 4.02. The summed E-state index contributed by atoms with van der Waals surface area (Å²) in [7, 11) is 0. The van der Waals surface area contributed by atoms with Crippen LogP contribution in [0.3, 0.4) is 0 Å². The number of aliphatic hydroxyl groups is 1. The Balaban J connectivity index is 1.85. The van der Waals surface area contributed by atoms with Crippen molar-refractivity contribution < 1.29 is 14.4 Å². The molecule has 1 aromatic heterocycles. The highest BCUT2D eigenvalue weighted by Gasteiger charge is 2.22. The summed E-state index contributed by atoms with van der Waals surface area (Å²) in [6, 6.07) is -0.0264. The van der Waals surface area contributed by atoms with E-state index in [0.29, 0.717) is 29.5 Å². The Kier molecular flexibility index (Phi) is 5.00. The fraction of sp³-hybridized carbons (Fsp3) is 0.714. The monoisotopic (exact) mass is 281 g/mol. The zero-order valence-electron chi connectivity index (χ0n) is 12.1. The lowest BCUT2D eigenvalue weighted by atomic mass is 9.87. The van der Waals surface area contributed by atoms with Gasteiger partial charge in [-0.15, -0.1) is 0 Å². The second-order valence-corrected chi connectivity index (χ2v) is 5.42. The second kappa shape index (κ2) is 6.74. The molecule has 1 fully saturated rings. The van der Waals surface area contributed by atoms with Gasteiger partial charge in [0.2, 0.25) is 0 Å². The third-order valence-corrected chi connectivity index (χ3v) is 3.93. The van der Waals surface area contributed by atoms with E-state index in [2.05, 4.69) is 15.8 Å². The molecule has 0 spiro atoms. The van der Waals surface area contributed by atoms with E-state index in [-0.39, 0.29) is 18.7 Å². The fourth-order valence-corrected chi connectivity index (χ4v) is 2.64. The van der Waals surface area contributed by atoms with Crippen molar-refractivity contribution in [2.24, 2.45) is 5.92 Å². The molecule has 2 amide bonds. The molecule has 0 radical (unpaired) electrons. The maximum absolute atomic E-state index is 12.0. The summed E-state index contributed by atoms with van der Waals surface area (Å²) in [5.74, 6) is 1.09. The Labute approximate surface area is 118 Å². The second-order valence-electron chi connectivity index (χ2n) is 5.42. The van der Waals surface area contributed by atoms with Crippen molar-refractivity contribution in [2.75, 3.05) is 11.9 Å². The zero-order valence-corrected chi connectivity index (χ0v) is 12.1. The number of aromatic nitrogens is 1. The van der Waals surface area contributed by atoms with E-state index in [0.717, 1.165) is 25.7 Å². The molecule has 1 heterocycles. The number of aliphatic hydroxyl groups excluding tert-OH is 1. The van der Waals surface area contributed by atoms with Gasteiger partial charge >= 0.3 is 6.03 Å². The third kappa shape index (κ3) is 3.50. The predicted molar refractivity (Wildman–Crippen MR) is 75.6 cm³/mol.